The molecule has 1 atom stereocenters. The minimum atomic E-state index is -0.748. The highest BCUT2D eigenvalue weighted by molar-refractivity contribution is 5.48. The lowest BCUT2D eigenvalue weighted by molar-refractivity contribution is 0.105. The predicted octanol–water partition coefficient (Wildman–Crippen LogP) is 0.595. The zero-order valence-electron chi connectivity index (χ0n) is 10.8. The number of aliphatic hydroxyl groups excluding tert-OH is 2. The van der Waals surface area contributed by atoms with E-state index in [9.17, 15) is 5.11 Å². The predicted molar refractivity (Wildman–Crippen MR) is 72.3 cm³/mol. The molecule has 102 valence electrons. The minimum absolute atomic E-state index is 0.246. The van der Waals surface area contributed by atoms with Gasteiger partial charge >= 0.3 is 0 Å². The Morgan fingerprint density at radius 2 is 2.05 bits per heavy atom. The van der Waals surface area contributed by atoms with Crippen LogP contribution in [0.15, 0.2) is 30.5 Å². The lowest BCUT2D eigenvalue weighted by atomic mass is 10.2. The van der Waals surface area contributed by atoms with Crippen LogP contribution in [0.3, 0.4) is 0 Å². The first-order valence-electron chi connectivity index (χ1n) is 6.27. The molecule has 1 unspecified atom stereocenters. The lowest BCUT2D eigenvalue weighted by Gasteiger charge is -2.10. The summed E-state index contributed by atoms with van der Waals surface area (Å²) in [6, 6.07) is 7.63. The number of aromatic nitrogens is 3. The zero-order valence-corrected chi connectivity index (χ0v) is 10.8. The lowest BCUT2D eigenvalue weighted by Crippen LogP contribution is -2.22. The fourth-order valence-electron chi connectivity index (χ4n) is 1.62. The van der Waals surface area contributed by atoms with Crippen LogP contribution in [0, 0.1) is 0 Å². The van der Waals surface area contributed by atoms with Gasteiger partial charge in [0.15, 0.2) is 0 Å². The summed E-state index contributed by atoms with van der Waals surface area (Å²) in [5, 5.41) is 29.1. The summed E-state index contributed by atoms with van der Waals surface area (Å²) in [6.45, 7) is 2.11. The summed E-state index contributed by atoms with van der Waals surface area (Å²) in [5.41, 5.74) is 2.76. The molecule has 3 N–H and O–H groups in total. The third kappa shape index (κ3) is 3.52. The molecule has 0 amide bonds. The largest absolute Gasteiger partial charge is 0.394 e. The fraction of sp³-hybridized carbons (Fsp3) is 0.385. The van der Waals surface area contributed by atoms with Crippen molar-refractivity contribution in [1.29, 1.82) is 0 Å². The van der Waals surface area contributed by atoms with E-state index < -0.39 is 6.10 Å². The van der Waals surface area contributed by atoms with Crippen molar-refractivity contribution in [2.24, 2.45) is 0 Å². The Hall–Kier alpha value is -1.92. The standard InChI is InChI=1S/C13H18N4O2/c1-2-10-8-17(16-15-10)12-5-3-11(4-6-12)14-7-13(19)9-18/h3-6,8,13-14,18-19H,2,7,9H2,1H3. The van der Waals surface area contributed by atoms with E-state index >= 15 is 0 Å². The maximum Gasteiger partial charge on any atom is 0.0942 e. The molecule has 0 aliphatic carbocycles. The first kappa shape index (κ1) is 13.5. The number of hydrogen-bond acceptors (Lipinski definition) is 5. The summed E-state index contributed by atoms with van der Waals surface area (Å²) in [4.78, 5) is 0. The van der Waals surface area contributed by atoms with Crippen molar-refractivity contribution in [2.75, 3.05) is 18.5 Å². The van der Waals surface area contributed by atoms with Gasteiger partial charge in [-0.25, -0.2) is 4.68 Å². The number of anilines is 1. The second kappa shape index (κ2) is 6.31. The van der Waals surface area contributed by atoms with Crippen molar-refractivity contribution < 1.29 is 10.2 Å². The SMILES string of the molecule is CCc1cn(-c2ccc(NCC(O)CO)cc2)nn1. The van der Waals surface area contributed by atoms with Crippen LogP contribution in [-0.2, 0) is 6.42 Å². The van der Waals surface area contributed by atoms with Crippen LogP contribution in [0.4, 0.5) is 5.69 Å². The van der Waals surface area contributed by atoms with Crippen molar-refractivity contribution in [3.05, 3.63) is 36.2 Å². The van der Waals surface area contributed by atoms with Crippen molar-refractivity contribution in [3.63, 3.8) is 0 Å². The Morgan fingerprint density at radius 3 is 2.63 bits per heavy atom. The summed E-state index contributed by atoms with van der Waals surface area (Å²) in [6.07, 6.45) is 2.01. The van der Waals surface area contributed by atoms with E-state index in [2.05, 4.69) is 15.6 Å². The molecule has 1 heterocycles. The summed E-state index contributed by atoms with van der Waals surface area (Å²) in [7, 11) is 0. The number of hydrogen-bond donors (Lipinski definition) is 3. The van der Waals surface area contributed by atoms with Gasteiger partial charge in [0, 0.05) is 12.2 Å². The number of aliphatic hydroxyl groups is 2. The number of nitrogens with one attached hydrogen (secondary N) is 1. The molecule has 0 radical (unpaired) electrons. The van der Waals surface area contributed by atoms with Crippen molar-refractivity contribution in [2.45, 2.75) is 19.4 Å². The number of nitrogens with zero attached hydrogens (tertiary/aromatic N) is 3. The Balaban J connectivity index is 2.01. The number of rotatable bonds is 6. The van der Waals surface area contributed by atoms with Gasteiger partial charge in [-0.15, -0.1) is 5.10 Å². The van der Waals surface area contributed by atoms with E-state index in [1.807, 2.05) is 37.4 Å². The normalized spacial score (nSPS) is 12.4. The molecule has 0 fully saturated rings. The van der Waals surface area contributed by atoms with Crippen LogP contribution in [0.2, 0.25) is 0 Å². The Kier molecular flexibility index (Phi) is 4.48. The Bertz CT molecular complexity index is 510. The third-order valence-corrected chi connectivity index (χ3v) is 2.79. The highest BCUT2D eigenvalue weighted by Crippen LogP contribution is 2.12. The molecule has 6 nitrogen and oxygen atoms in total. The maximum absolute atomic E-state index is 9.25. The van der Waals surface area contributed by atoms with Gasteiger partial charge in [0.25, 0.3) is 0 Å². The molecule has 0 aliphatic rings. The quantitative estimate of drug-likeness (QED) is 0.710. The van der Waals surface area contributed by atoms with Gasteiger partial charge in [-0.3, -0.25) is 0 Å². The molecule has 2 rings (SSSR count). The van der Waals surface area contributed by atoms with Crippen molar-refractivity contribution in [3.8, 4) is 5.69 Å². The van der Waals surface area contributed by atoms with Gasteiger partial charge in [0.2, 0.25) is 0 Å². The van der Waals surface area contributed by atoms with E-state index in [0.717, 1.165) is 23.5 Å². The average Bonchev–Trinajstić information content (AvgIpc) is 2.94. The second-order valence-electron chi connectivity index (χ2n) is 4.27. The van der Waals surface area contributed by atoms with Crippen molar-refractivity contribution >= 4 is 5.69 Å². The van der Waals surface area contributed by atoms with Gasteiger partial charge in [-0.1, -0.05) is 12.1 Å². The topological polar surface area (TPSA) is 83.2 Å². The van der Waals surface area contributed by atoms with Crippen LogP contribution < -0.4 is 5.32 Å². The molecule has 1 aromatic carbocycles. The zero-order chi connectivity index (χ0) is 13.7. The van der Waals surface area contributed by atoms with E-state index in [1.54, 1.807) is 4.68 Å². The van der Waals surface area contributed by atoms with E-state index in [4.69, 9.17) is 5.11 Å². The molecule has 6 heteroatoms. The fourth-order valence-corrected chi connectivity index (χ4v) is 1.62. The average molecular weight is 262 g/mol. The number of benzene rings is 1. The van der Waals surface area contributed by atoms with Crippen molar-refractivity contribution in [1.82, 2.24) is 15.0 Å². The van der Waals surface area contributed by atoms with Crippen LogP contribution in [0.5, 0.6) is 0 Å². The van der Waals surface area contributed by atoms with Gasteiger partial charge in [-0.05, 0) is 30.7 Å². The Labute approximate surface area is 111 Å². The second-order valence-corrected chi connectivity index (χ2v) is 4.27. The van der Waals surface area contributed by atoms with Gasteiger partial charge in [-0.2, -0.15) is 0 Å². The van der Waals surface area contributed by atoms with E-state index in [0.29, 0.717) is 6.54 Å². The Morgan fingerprint density at radius 1 is 1.32 bits per heavy atom. The monoisotopic (exact) mass is 262 g/mol. The molecule has 1 aromatic heterocycles. The van der Waals surface area contributed by atoms with Gasteiger partial charge in [0.1, 0.15) is 0 Å². The summed E-state index contributed by atoms with van der Waals surface area (Å²) < 4.78 is 1.73. The third-order valence-electron chi connectivity index (χ3n) is 2.79. The maximum atomic E-state index is 9.25. The first-order valence-corrected chi connectivity index (χ1v) is 6.27. The molecule has 0 bridgehead atoms. The van der Waals surface area contributed by atoms with Gasteiger partial charge in [0.05, 0.1) is 30.3 Å². The van der Waals surface area contributed by atoms with Gasteiger partial charge < -0.3 is 15.5 Å². The van der Waals surface area contributed by atoms with E-state index in [1.165, 1.54) is 0 Å². The molecule has 0 saturated carbocycles. The highest BCUT2D eigenvalue weighted by atomic mass is 16.3. The molecular weight excluding hydrogens is 244 g/mol. The minimum Gasteiger partial charge on any atom is -0.394 e. The molecule has 0 saturated heterocycles. The highest BCUT2D eigenvalue weighted by Gasteiger charge is 2.03. The van der Waals surface area contributed by atoms with E-state index in [-0.39, 0.29) is 6.61 Å². The van der Waals surface area contributed by atoms with Crippen LogP contribution in [0.1, 0.15) is 12.6 Å². The molecule has 0 aliphatic heterocycles. The molecular formula is C13H18N4O2. The molecule has 19 heavy (non-hydrogen) atoms. The van der Waals surface area contributed by atoms with Crippen LogP contribution in [0.25, 0.3) is 5.69 Å². The molecule has 0 spiro atoms. The summed E-state index contributed by atoms with van der Waals surface area (Å²) in [5.74, 6) is 0. The summed E-state index contributed by atoms with van der Waals surface area (Å²) >= 11 is 0. The first-order chi connectivity index (χ1) is 9.22. The molecule has 2 aromatic rings. The number of aryl methyl sites for hydroxylation is 1. The van der Waals surface area contributed by atoms with Crippen LogP contribution >= 0.6 is 0 Å². The smallest absolute Gasteiger partial charge is 0.0942 e. The van der Waals surface area contributed by atoms with Crippen LogP contribution in [-0.4, -0.2) is 44.5 Å².